The molecule has 1 aromatic heterocycles. The molecule has 1 aliphatic rings. The van der Waals surface area contributed by atoms with E-state index >= 15 is 0 Å². The van der Waals surface area contributed by atoms with Crippen LogP contribution in [0.2, 0.25) is 0 Å². The number of amides is 1. The summed E-state index contributed by atoms with van der Waals surface area (Å²) in [4.78, 5) is 10.8. The van der Waals surface area contributed by atoms with Gasteiger partial charge in [-0.25, -0.2) is 0 Å². The van der Waals surface area contributed by atoms with Gasteiger partial charge >= 0.3 is 0 Å². The number of rotatable bonds is 3. The zero-order chi connectivity index (χ0) is 8.55. The monoisotopic (exact) mass is 164 g/mol. The first-order valence-electron chi connectivity index (χ1n) is 4.00. The standard InChI is InChI=1S/C8H10N3O/c9-8(12)7-3-4-10-11(7)5-6-1-2-6/h4,6H,1-2,5H2,(H2,9,12). The fourth-order valence-electron chi connectivity index (χ4n) is 1.17. The summed E-state index contributed by atoms with van der Waals surface area (Å²) >= 11 is 0. The Hall–Kier alpha value is -1.32. The zero-order valence-corrected chi connectivity index (χ0v) is 6.66. The Bertz CT molecular complexity index is 301. The van der Waals surface area contributed by atoms with Crippen LogP contribution in [-0.4, -0.2) is 15.7 Å². The van der Waals surface area contributed by atoms with Crippen molar-refractivity contribution in [2.45, 2.75) is 19.4 Å². The van der Waals surface area contributed by atoms with Gasteiger partial charge in [-0.3, -0.25) is 9.48 Å². The molecule has 0 bridgehead atoms. The van der Waals surface area contributed by atoms with E-state index < -0.39 is 5.91 Å². The van der Waals surface area contributed by atoms with Crippen molar-refractivity contribution in [3.8, 4) is 0 Å². The van der Waals surface area contributed by atoms with E-state index in [1.807, 2.05) is 0 Å². The Labute approximate surface area is 70.4 Å². The van der Waals surface area contributed by atoms with Gasteiger partial charge in [0.05, 0.1) is 6.20 Å². The van der Waals surface area contributed by atoms with Crippen molar-refractivity contribution in [3.63, 3.8) is 0 Å². The highest BCUT2D eigenvalue weighted by atomic mass is 16.1. The van der Waals surface area contributed by atoms with Crippen molar-refractivity contribution in [3.05, 3.63) is 18.0 Å². The molecule has 0 aliphatic heterocycles. The fraction of sp³-hybridized carbons (Fsp3) is 0.500. The van der Waals surface area contributed by atoms with Gasteiger partial charge in [0, 0.05) is 12.6 Å². The van der Waals surface area contributed by atoms with E-state index in [1.54, 1.807) is 4.68 Å². The van der Waals surface area contributed by atoms with Crippen LogP contribution in [0.1, 0.15) is 23.3 Å². The van der Waals surface area contributed by atoms with Crippen LogP contribution in [0.25, 0.3) is 0 Å². The van der Waals surface area contributed by atoms with Crippen LogP contribution in [0.4, 0.5) is 0 Å². The van der Waals surface area contributed by atoms with Gasteiger partial charge in [-0.15, -0.1) is 0 Å². The number of nitrogens with two attached hydrogens (primary N) is 1. The average Bonchev–Trinajstić information content (AvgIpc) is 2.66. The first-order chi connectivity index (χ1) is 5.77. The summed E-state index contributed by atoms with van der Waals surface area (Å²) in [5, 5.41) is 3.98. The second-order valence-corrected chi connectivity index (χ2v) is 3.13. The van der Waals surface area contributed by atoms with Crippen LogP contribution in [0.5, 0.6) is 0 Å². The molecule has 1 heterocycles. The Morgan fingerprint density at radius 2 is 2.58 bits per heavy atom. The van der Waals surface area contributed by atoms with Crippen molar-refractivity contribution in [1.82, 2.24) is 9.78 Å². The minimum Gasteiger partial charge on any atom is -0.364 e. The average molecular weight is 164 g/mol. The van der Waals surface area contributed by atoms with Gasteiger partial charge in [0.2, 0.25) is 0 Å². The number of carbonyl (C=O) groups excluding carboxylic acids is 1. The highest BCUT2D eigenvalue weighted by Gasteiger charge is 2.23. The SMILES string of the molecule is NC(=O)c1[c]cnn1CC1CC1. The Balaban J connectivity index is 2.17. The van der Waals surface area contributed by atoms with E-state index in [9.17, 15) is 4.79 Å². The summed E-state index contributed by atoms with van der Waals surface area (Å²) in [5.41, 5.74) is 5.51. The number of nitrogens with zero attached hydrogens (tertiary/aromatic N) is 2. The number of carbonyl (C=O) groups is 1. The summed E-state index contributed by atoms with van der Waals surface area (Å²) in [6, 6.07) is 2.72. The maximum absolute atomic E-state index is 10.8. The Morgan fingerprint density at radius 3 is 3.17 bits per heavy atom. The summed E-state index contributed by atoms with van der Waals surface area (Å²) in [6.07, 6.45) is 3.96. The number of hydrogen-bond donors (Lipinski definition) is 1. The molecule has 4 heteroatoms. The molecule has 63 valence electrons. The van der Waals surface area contributed by atoms with Crippen LogP contribution in [0, 0.1) is 12.0 Å². The summed E-state index contributed by atoms with van der Waals surface area (Å²) in [6.45, 7) is 0.807. The van der Waals surface area contributed by atoms with Crippen molar-refractivity contribution < 1.29 is 4.79 Å². The number of aromatic nitrogens is 2. The first-order valence-corrected chi connectivity index (χ1v) is 4.00. The minimum absolute atomic E-state index is 0.391. The van der Waals surface area contributed by atoms with Crippen molar-refractivity contribution in [2.24, 2.45) is 11.7 Å². The molecule has 1 aliphatic carbocycles. The quantitative estimate of drug-likeness (QED) is 0.693. The lowest BCUT2D eigenvalue weighted by molar-refractivity contribution is 0.0989. The van der Waals surface area contributed by atoms with Crippen LogP contribution >= 0.6 is 0 Å². The number of primary amides is 1. The predicted octanol–water partition coefficient (Wildman–Crippen LogP) is 0.192. The minimum atomic E-state index is -0.451. The summed E-state index contributed by atoms with van der Waals surface area (Å²) in [5.74, 6) is 0.240. The van der Waals surface area contributed by atoms with E-state index in [1.165, 1.54) is 19.0 Å². The molecule has 2 rings (SSSR count). The van der Waals surface area contributed by atoms with Crippen LogP contribution in [0.3, 0.4) is 0 Å². The molecular formula is C8H10N3O. The molecule has 1 radical (unpaired) electrons. The molecule has 1 fully saturated rings. The highest BCUT2D eigenvalue weighted by Crippen LogP contribution is 2.30. The van der Waals surface area contributed by atoms with E-state index in [-0.39, 0.29) is 0 Å². The van der Waals surface area contributed by atoms with Crippen LogP contribution in [-0.2, 0) is 6.54 Å². The molecule has 1 saturated carbocycles. The molecular weight excluding hydrogens is 154 g/mol. The summed E-state index contributed by atoms with van der Waals surface area (Å²) < 4.78 is 1.64. The highest BCUT2D eigenvalue weighted by molar-refractivity contribution is 5.90. The van der Waals surface area contributed by atoms with E-state index in [4.69, 9.17) is 5.73 Å². The Kier molecular flexibility index (Phi) is 1.60. The van der Waals surface area contributed by atoms with E-state index in [2.05, 4.69) is 11.2 Å². The molecule has 2 N–H and O–H groups in total. The van der Waals surface area contributed by atoms with Crippen molar-refractivity contribution >= 4 is 5.91 Å². The maximum Gasteiger partial charge on any atom is 0.267 e. The molecule has 1 amide bonds. The molecule has 0 aromatic carbocycles. The first kappa shape index (κ1) is 7.34. The lowest BCUT2D eigenvalue weighted by Crippen LogP contribution is -2.18. The fourth-order valence-corrected chi connectivity index (χ4v) is 1.17. The second kappa shape index (κ2) is 2.62. The largest absolute Gasteiger partial charge is 0.364 e. The lowest BCUT2D eigenvalue weighted by atomic mass is 10.4. The van der Waals surface area contributed by atoms with Gasteiger partial charge in [0.1, 0.15) is 5.69 Å². The van der Waals surface area contributed by atoms with Gasteiger partial charge in [-0.2, -0.15) is 5.10 Å². The van der Waals surface area contributed by atoms with Crippen molar-refractivity contribution in [1.29, 1.82) is 0 Å². The smallest absolute Gasteiger partial charge is 0.267 e. The molecule has 4 nitrogen and oxygen atoms in total. The third-order valence-corrected chi connectivity index (χ3v) is 2.02. The Morgan fingerprint density at radius 1 is 1.83 bits per heavy atom. The van der Waals surface area contributed by atoms with Crippen LogP contribution < -0.4 is 5.73 Å². The molecule has 12 heavy (non-hydrogen) atoms. The van der Waals surface area contributed by atoms with Gasteiger partial charge in [0.15, 0.2) is 0 Å². The van der Waals surface area contributed by atoms with E-state index in [0.717, 1.165) is 6.54 Å². The van der Waals surface area contributed by atoms with Gasteiger partial charge in [-0.05, 0) is 18.8 Å². The van der Waals surface area contributed by atoms with Crippen molar-refractivity contribution in [2.75, 3.05) is 0 Å². The lowest BCUT2D eigenvalue weighted by Gasteiger charge is -2.01. The van der Waals surface area contributed by atoms with Gasteiger partial charge < -0.3 is 5.73 Å². The third-order valence-electron chi connectivity index (χ3n) is 2.02. The topological polar surface area (TPSA) is 60.9 Å². The van der Waals surface area contributed by atoms with Gasteiger partial charge in [-0.1, -0.05) is 0 Å². The van der Waals surface area contributed by atoms with Gasteiger partial charge in [0.25, 0.3) is 5.91 Å². The molecule has 0 atom stereocenters. The zero-order valence-electron chi connectivity index (χ0n) is 6.66. The normalized spacial score (nSPS) is 16.3. The summed E-state index contributed by atoms with van der Waals surface area (Å²) in [7, 11) is 0. The molecule has 0 spiro atoms. The molecule has 0 unspecified atom stereocenters. The predicted molar refractivity (Wildman–Crippen MR) is 42.3 cm³/mol. The molecule has 1 aromatic rings. The van der Waals surface area contributed by atoms with Crippen LogP contribution in [0.15, 0.2) is 6.20 Å². The third kappa shape index (κ3) is 1.32. The second-order valence-electron chi connectivity index (χ2n) is 3.13. The molecule has 0 saturated heterocycles. The maximum atomic E-state index is 10.8. The number of hydrogen-bond acceptors (Lipinski definition) is 2. The van der Waals surface area contributed by atoms with E-state index in [0.29, 0.717) is 11.6 Å².